The molecule has 14 heavy (non-hydrogen) atoms. The Balaban J connectivity index is 2.04. The van der Waals surface area contributed by atoms with E-state index in [0.717, 1.165) is 18.4 Å². The maximum Gasteiger partial charge on any atom is 0.191 e. The van der Waals surface area contributed by atoms with Crippen molar-refractivity contribution in [1.29, 1.82) is 0 Å². The summed E-state index contributed by atoms with van der Waals surface area (Å²) in [7, 11) is 0. The second kappa shape index (κ2) is 3.79. The number of aliphatic imine (C=N–C) groups is 1. The lowest BCUT2D eigenvalue weighted by Crippen LogP contribution is -2.41. The highest BCUT2D eigenvalue weighted by molar-refractivity contribution is 5.79. The number of nitrogens with zero attached hydrogens (tertiary/aromatic N) is 2. The van der Waals surface area contributed by atoms with Gasteiger partial charge in [-0.1, -0.05) is 6.42 Å². The van der Waals surface area contributed by atoms with Gasteiger partial charge in [0.1, 0.15) is 0 Å². The van der Waals surface area contributed by atoms with Gasteiger partial charge in [0.15, 0.2) is 5.96 Å². The molecule has 1 saturated heterocycles. The highest BCUT2D eigenvalue weighted by atomic mass is 15.3. The van der Waals surface area contributed by atoms with E-state index in [9.17, 15) is 0 Å². The first-order valence-electron chi connectivity index (χ1n) is 5.78. The summed E-state index contributed by atoms with van der Waals surface area (Å²) in [5.41, 5.74) is 6.01. The van der Waals surface area contributed by atoms with Crippen molar-refractivity contribution in [3.63, 3.8) is 0 Å². The SMILES string of the molecule is CC(C)N=C(N)N1CCC2CCCC21. The lowest BCUT2D eigenvalue weighted by molar-refractivity contribution is 0.359. The molecule has 0 aromatic rings. The number of hydrogen-bond donors (Lipinski definition) is 1. The van der Waals surface area contributed by atoms with Crippen LogP contribution in [-0.4, -0.2) is 29.5 Å². The van der Waals surface area contributed by atoms with Gasteiger partial charge in [-0.3, -0.25) is 4.99 Å². The fraction of sp³-hybridized carbons (Fsp3) is 0.909. The number of guanidine groups is 1. The number of fused-ring (bicyclic) bond motifs is 1. The van der Waals surface area contributed by atoms with Crippen molar-refractivity contribution in [2.75, 3.05) is 6.54 Å². The zero-order valence-corrected chi connectivity index (χ0v) is 9.24. The molecule has 3 nitrogen and oxygen atoms in total. The summed E-state index contributed by atoms with van der Waals surface area (Å²) in [6, 6.07) is 1.02. The van der Waals surface area contributed by atoms with Crippen LogP contribution in [0.25, 0.3) is 0 Å². The molecule has 1 heterocycles. The first-order chi connectivity index (χ1) is 6.68. The van der Waals surface area contributed by atoms with E-state index in [1.165, 1.54) is 25.7 Å². The zero-order chi connectivity index (χ0) is 10.1. The van der Waals surface area contributed by atoms with Crippen LogP contribution in [0.1, 0.15) is 39.5 Å². The van der Waals surface area contributed by atoms with E-state index in [1.807, 2.05) is 0 Å². The van der Waals surface area contributed by atoms with Crippen molar-refractivity contribution >= 4 is 5.96 Å². The van der Waals surface area contributed by atoms with Gasteiger partial charge >= 0.3 is 0 Å². The molecule has 2 fully saturated rings. The molecular weight excluding hydrogens is 174 g/mol. The van der Waals surface area contributed by atoms with Crippen LogP contribution in [0, 0.1) is 5.92 Å². The molecule has 3 heteroatoms. The Hall–Kier alpha value is -0.730. The summed E-state index contributed by atoms with van der Waals surface area (Å²) < 4.78 is 0. The molecule has 1 saturated carbocycles. The van der Waals surface area contributed by atoms with Crippen molar-refractivity contribution in [3.8, 4) is 0 Å². The van der Waals surface area contributed by atoms with Crippen molar-refractivity contribution in [2.45, 2.75) is 51.6 Å². The number of nitrogens with two attached hydrogens (primary N) is 1. The Bertz CT molecular complexity index is 235. The zero-order valence-electron chi connectivity index (χ0n) is 9.24. The normalized spacial score (nSPS) is 32.8. The third-order valence-corrected chi connectivity index (χ3v) is 3.44. The Kier molecular flexibility index (Phi) is 2.66. The van der Waals surface area contributed by atoms with E-state index in [4.69, 9.17) is 5.73 Å². The van der Waals surface area contributed by atoms with E-state index < -0.39 is 0 Å². The van der Waals surface area contributed by atoms with Crippen molar-refractivity contribution < 1.29 is 0 Å². The van der Waals surface area contributed by atoms with E-state index >= 15 is 0 Å². The minimum Gasteiger partial charge on any atom is -0.370 e. The molecule has 0 amide bonds. The summed E-state index contributed by atoms with van der Waals surface area (Å²) in [4.78, 5) is 6.77. The molecular formula is C11H21N3. The second-order valence-corrected chi connectivity index (χ2v) is 4.82. The number of hydrogen-bond acceptors (Lipinski definition) is 1. The van der Waals surface area contributed by atoms with Gasteiger partial charge in [-0.25, -0.2) is 0 Å². The lowest BCUT2D eigenvalue weighted by atomic mass is 10.1. The Morgan fingerprint density at radius 1 is 1.36 bits per heavy atom. The fourth-order valence-electron chi connectivity index (χ4n) is 2.86. The fourth-order valence-corrected chi connectivity index (χ4v) is 2.86. The first kappa shape index (κ1) is 9.81. The minimum absolute atomic E-state index is 0.315. The molecule has 0 aromatic heterocycles. The maximum atomic E-state index is 6.01. The molecule has 0 radical (unpaired) electrons. The molecule has 1 aliphatic carbocycles. The van der Waals surface area contributed by atoms with E-state index in [-0.39, 0.29) is 0 Å². The van der Waals surface area contributed by atoms with Crippen LogP contribution < -0.4 is 5.73 Å². The largest absolute Gasteiger partial charge is 0.370 e. The average Bonchev–Trinajstić information content (AvgIpc) is 2.59. The number of likely N-dealkylation sites (tertiary alicyclic amines) is 1. The maximum absolute atomic E-state index is 6.01. The van der Waals surface area contributed by atoms with Gasteiger partial charge in [0.25, 0.3) is 0 Å². The predicted octanol–water partition coefficient (Wildman–Crippen LogP) is 1.58. The smallest absolute Gasteiger partial charge is 0.191 e. The van der Waals surface area contributed by atoms with Gasteiger partial charge in [0.05, 0.1) is 0 Å². The third-order valence-electron chi connectivity index (χ3n) is 3.44. The highest BCUT2D eigenvalue weighted by Crippen LogP contribution is 2.37. The Morgan fingerprint density at radius 2 is 2.14 bits per heavy atom. The van der Waals surface area contributed by atoms with Gasteiger partial charge in [0.2, 0.25) is 0 Å². The Labute approximate surface area is 86.4 Å². The van der Waals surface area contributed by atoms with Gasteiger partial charge in [-0.15, -0.1) is 0 Å². The number of rotatable bonds is 1. The molecule has 2 N–H and O–H groups in total. The minimum atomic E-state index is 0.315. The van der Waals surface area contributed by atoms with E-state index in [0.29, 0.717) is 12.1 Å². The summed E-state index contributed by atoms with van der Waals surface area (Å²) >= 11 is 0. The molecule has 0 bridgehead atoms. The van der Waals surface area contributed by atoms with Gasteiger partial charge in [-0.05, 0) is 39.0 Å². The van der Waals surface area contributed by atoms with E-state index in [1.54, 1.807) is 0 Å². The quantitative estimate of drug-likeness (QED) is 0.510. The molecule has 2 unspecified atom stereocenters. The topological polar surface area (TPSA) is 41.6 Å². The summed E-state index contributed by atoms with van der Waals surface area (Å²) in [5, 5.41) is 0. The monoisotopic (exact) mass is 195 g/mol. The summed E-state index contributed by atoms with van der Waals surface area (Å²) in [6.07, 6.45) is 5.41. The second-order valence-electron chi connectivity index (χ2n) is 4.82. The predicted molar refractivity (Wildman–Crippen MR) is 59.2 cm³/mol. The van der Waals surface area contributed by atoms with Crippen LogP contribution >= 0.6 is 0 Å². The molecule has 0 spiro atoms. The van der Waals surface area contributed by atoms with Crippen LogP contribution in [0.2, 0.25) is 0 Å². The Morgan fingerprint density at radius 3 is 2.86 bits per heavy atom. The average molecular weight is 195 g/mol. The third kappa shape index (κ3) is 1.72. The molecule has 1 aliphatic heterocycles. The highest BCUT2D eigenvalue weighted by Gasteiger charge is 2.38. The summed E-state index contributed by atoms with van der Waals surface area (Å²) in [5.74, 6) is 1.67. The molecule has 80 valence electrons. The van der Waals surface area contributed by atoms with Gasteiger partial charge < -0.3 is 10.6 Å². The van der Waals surface area contributed by atoms with Crippen LogP contribution in [0.4, 0.5) is 0 Å². The standard InChI is InChI=1S/C11H21N3/c1-8(2)13-11(12)14-7-6-9-4-3-5-10(9)14/h8-10H,3-7H2,1-2H3,(H2,12,13). The van der Waals surface area contributed by atoms with Crippen molar-refractivity contribution in [1.82, 2.24) is 4.90 Å². The first-order valence-corrected chi connectivity index (χ1v) is 5.78. The molecule has 0 aromatic carbocycles. The van der Waals surface area contributed by atoms with Gasteiger partial charge in [-0.2, -0.15) is 0 Å². The van der Waals surface area contributed by atoms with Gasteiger partial charge in [0, 0.05) is 18.6 Å². The van der Waals surface area contributed by atoms with E-state index in [2.05, 4.69) is 23.7 Å². The lowest BCUT2D eigenvalue weighted by Gasteiger charge is -2.25. The van der Waals surface area contributed by atoms with Crippen LogP contribution in [0.5, 0.6) is 0 Å². The van der Waals surface area contributed by atoms with Crippen LogP contribution in [-0.2, 0) is 0 Å². The van der Waals surface area contributed by atoms with Crippen LogP contribution in [0.15, 0.2) is 4.99 Å². The van der Waals surface area contributed by atoms with Crippen molar-refractivity contribution in [2.24, 2.45) is 16.6 Å². The van der Waals surface area contributed by atoms with Crippen molar-refractivity contribution in [3.05, 3.63) is 0 Å². The molecule has 2 rings (SSSR count). The molecule has 2 atom stereocenters. The summed E-state index contributed by atoms with van der Waals surface area (Å²) in [6.45, 7) is 5.28. The van der Waals surface area contributed by atoms with Crippen LogP contribution in [0.3, 0.4) is 0 Å². The molecule has 2 aliphatic rings.